The number of allylic oxidation sites excluding steroid dienone is 5. The summed E-state index contributed by atoms with van der Waals surface area (Å²) in [5.74, 6) is 2.41. The molecule has 1 unspecified atom stereocenters. The van der Waals surface area contributed by atoms with Crippen molar-refractivity contribution in [1.82, 2.24) is 0 Å². The summed E-state index contributed by atoms with van der Waals surface area (Å²) in [6.07, 6.45) is 14.2. The molecule has 2 heteroatoms. The first-order chi connectivity index (χ1) is 12.4. The average molecular weight is 355 g/mol. The van der Waals surface area contributed by atoms with Gasteiger partial charge in [0.15, 0.2) is 0 Å². The second-order valence-electron chi connectivity index (χ2n) is 7.49. The van der Waals surface area contributed by atoms with Crippen LogP contribution in [-0.4, -0.2) is 6.10 Å². The van der Waals surface area contributed by atoms with E-state index in [0.717, 1.165) is 49.2 Å². The summed E-state index contributed by atoms with van der Waals surface area (Å²) in [6.45, 7) is 16.7. The van der Waals surface area contributed by atoms with Crippen molar-refractivity contribution >= 4 is 0 Å². The lowest BCUT2D eigenvalue weighted by molar-refractivity contribution is 0.134. The molecule has 0 spiro atoms. The van der Waals surface area contributed by atoms with Crippen LogP contribution in [0.1, 0.15) is 72.6 Å². The molecule has 0 radical (unpaired) electrons. The minimum Gasteiger partial charge on any atom is -0.485 e. The van der Waals surface area contributed by atoms with Crippen LogP contribution < -0.4 is 0 Å². The van der Waals surface area contributed by atoms with Gasteiger partial charge in [0, 0.05) is 6.08 Å². The maximum atomic E-state index is 6.27. The van der Waals surface area contributed by atoms with Gasteiger partial charge in [-0.1, -0.05) is 38.0 Å². The van der Waals surface area contributed by atoms with Crippen LogP contribution in [0.15, 0.2) is 71.0 Å². The van der Waals surface area contributed by atoms with E-state index >= 15 is 0 Å². The Kier molecular flexibility index (Phi) is 7.56. The molecule has 0 N–H and O–H groups in total. The normalized spacial score (nSPS) is 20.1. The van der Waals surface area contributed by atoms with Crippen molar-refractivity contribution in [3.63, 3.8) is 0 Å². The molecule has 2 nitrogen and oxygen atoms in total. The molecule has 0 aromatic rings. The van der Waals surface area contributed by atoms with E-state index in [2.05, 4.69) is 53.0 Å². The smallest absolute Gasteiger partial charge is 0.134 e. The molecular weight excluding hydrogens is 320 g/mol. The number of ether oxygens (including phenoxy) is 2. The molecule has 0 bridgehead atoms. The highest BCUT2D eigenvalue weighted by Crippen LogP contribution is 2.36. The molecule has 0 saturated heterocycles. The van der Waals surface area contributed by atoms with Gasteiger partial charge < -0.3 is 9.47 Å². The van der Waals surface area contributed by atoms with Gasteiger partial charge in [-0.05, 0) is 70.1 Å². The van der Waals surface area contributed by atoms with Crippen molar-refractivity contribution in [2.45, 2.75) is 78.7 Å². The molecule has 2 heterocycles. The summed E-state index contributed by atoms with van der Waals surface area (Å²) < 4.78 is 12.2. The molecule has 0 aromatic heterocycles. The molecule has 0 amide bonds. The van der Waals surface area contributed by atoms with Crippen LogP contribution in [0, 0.1) is 0 Å². The summed E-state index contributed by atoms with van der Waals surface area (Å²) >= 11 is 0. The highest BCUT2D eigenvalue weighted by Gasteiger charge is 2.26. The summed E-state index contributed by atoms with van der Waals surface area (Å²) in [5, 5.41) is 0. The van der Waals surface area contributed by atoms with Crippen molar-refractivity contribution in [2.75, 3.05) is 0 Å². The SMILES string of the molecule is C=C(C)CCCC/C(C)=C/C1=CC2=C(C=C(CCC)C(CC)O2)C(=C)O1. The van der Waals surface area contributed by atoms with E-state index < -0.39 is 0 Å². The Morgan fingerprint density at radius 3 is 2.54 bits per heavy atom. The molecule has 0 aromatic carbocycles. The van der Waals surface area contributed by atoms with E-state index in [-0.39, 0.29) is 6.10 Å². The predicted octanol–water partition coefficient (Wildman–Crippen LogP) is 7.29. The fraction of sp³-hybridized carbons (Fsp3) is 0.500. The fourth-order valence-electron chi connectivity index (χ4n) is 3.41. The van der Waals surface area contributed by atoms with E-state index in [4.69, 9.17) is 9.47 Å². The van der Waals surface area contributed by atoms with Gasteiger partial charge in [0.25, 0.3) is 0 Å². The highest BCUT2D eigenvalue weighted by atomic mass is 16.5. The zero-order valence-electron chi connectivity index (χ0n) is 17.0. The Hall–Kier alpha value is -1.96. The van der Waals surface area contributed by atoms with Crippen LogP contribution in [0.5, 0.6) is 0 Å². The minimum absolute atomic E-state index is 0.171. The van der Waals surface area contributed by atoms with Gasteiger partial charge >= 0.3 is 0 Å². The van der Waals surface area contributed by atoms with Crippen LogP contribution in [0.25, 0.3) is 0 Å². The van der Waals surface area contributed by atoms with Crippen molar-refractivity contribution in [2.24, 2.45) is 0 Å². The van der Waals surface area contributed by atoms with E-state index in [1.54, 1.807) is 0 Å². The molecule has 26 heavy (non-hydrogen) atoms. The van der Waals surface area contributed by atoms with E-state index in [0.29, 0.717) is 5.76 Å². The molecule has 142 valence electrons. The third kappa shape index (κ3) is 5.52. The van der Waals surface area contributed by atoms with Gasteiger partial charge in [-0.2, -0.15) is 0 Å². The van der Waals surface area contributed by atoms with Gasteiger partial charge in [-0.3, -0.25) is 0 Å². The lowest BCUT2D eigenvalue weighted by Gasteiger charge is -2.30. The molecule has 0 fully saturated rings. The van der Waals surface area contributed by atoms with Crippen LogP contribution >= 0.6 is 0 Å². The van der Waals surface area contributed by atoms with Gasteiger partial charge in [0.05, 0.1) is 5.57 Å². The maximum Gasteiger partial charge on any atom is 0.134 e. The van der Waals surface area contributed by atoms with Crippen LogP contribution in [0.2, 0.25) is 0 Å². The standard InChI is InChI=1S/C24H34O2/c1-7-11-20-15-22-19(6)25-21(16-24(22)26-23(20)8-2)14-18(5)13-10-9-12-17(3)4/h14-16,23H,3,6-13H2,1-2,4-5H3/b18-14+. The second kappa shape index (κ2) is 9.66. The second-order valence-corrected chi connectivity index (χ2v) is 7.49. The summed E-state index contributed by atoms with van der Waals surface area (Å²) in [4.78, 5) is 0. The fourth-order valence-corrected chi connectivity index (χ4v) is 3.41. The minimum atomic E-state index is 0.171. The van der Waals surface area contributed by atoms with Crippen molar-refractivity contribution in [1.29, 1.82) is 0 Å². The third-order valence-corrected chi connectivity index (χ3v) is 4.82. The third-order valence-electron chi connectivity index (χ3n) is 4.82. The number of hydrogen-bond acceptors (Lipinski definition) is 2. The summed E-state index contributed by atoms with van der Waals surface area (Å²) in [5.41, 5.74) is 4.92. The predicted molar refractivity (Wildman–Crippen MR) is 111 cm³/mol. The molecule has 0 saturated carbocycles. The topological polar surface area (TPSA) is 18.5 Å². The molecule has 1 atom stereocenters. The Labute approximate surface area is 159 Å². The first-order valence-corrected chi connectivity index (χ1v) is 9.96. The monoisotopic (exact) mass is 354 g/mol. The molecule has 2 aliphatic heterocycles. The Morgan fingerprint density at radius 1 is 1.15 bits per heavy atom. The lowest BCUT2D eigenvalue weighted by atomic mass is 9.95. The van der Waals surface area contributed by atoms with Gasteiger partial charge in [0.2, 0.25) is 0 Å². The maximum absolute atomic E-state index is 6.27. The van der Waals surface area contributed by atoms with E-state index in [1.807, 2.05) is 6.08 Å². The van der Waals surface area contributed by atoms with Crippen LogP contribution in [0.3, 0.4) is 0 Å². The lowest BCUT2D eigenvalue weighted by Crippen LogP contribution is -2.21. The summed E-state index contributed by atoms with van der Waals surface area (Å²) in [7, 11) is 0. The van der Waals surface area contributed by atoms with Gasteiger partial charge in [0.1, 0.15) is 23.4 Å². The highest BCUT2D eigenvalue weighted by molar-refractivity contribution is 5.50. The van der Waals surface area contributed by atoms with Crippen LogP contribution in [-0.2, 0) is 9.47 Å². The number of rotatable bonds is 9. The van der Waals surface area contributed by atoms with E-state index in [1.165, 1.54) is 29.6 Å². The first-order valence-electron chi connectivity index (χ1n) is 9.96. The van der Waals surface area contributed by atoms with Crippen molar-refractivity contribution in [3.8, 4) is 0 Å². The first kappa shape index (κ1) is 20.4. The van der Waals surface area contributed by atoms with E-state index in [9.17, 15) is 0 Å². The molecule has 2 rings (SSSR count). The Balaban J connectivity index is 2.10. The number of unbranched alkanes of at least 4 members (excludes halogenated alkanes) is 1. The van der Waals surface area contributed by atoms with Crippen molar-refractivity contribution in [3.05, 3.63) is 71.0 Å². The summed E-state index contributed by atoms with van der Waals surface area (Å²) in [6, 6.07) is 0. The quantitative estimate of drug-likeness (QED) is 0.320. The zero-order chi connectivity index (χ0) is 19.1. The zero-order valence-corrected chi connectivity index (χ0v) is 17.0. The van der Waals surface area contributed by atoms with Crippen molar-refractivity contribution < 1.29 is 9.47 Å². The average Bonchev–Trinajstić information content (AvgIpc) is 2.59. The molecule has 0 aliphatic carbocycles. The Morgan fingerprint density at radius 2 is 1.88 bits per heavy atom. The van der Waals surface area contributed by atoms with Crippen LogP contribution in [0.4, 0.5) is 0 Å². The van der Waals surface area contributed by atoms with Gasteiger partial charge in [-0.25, -0.2) is 0 Å². The largest absolute Gasteiger partial charge is 0.485 e. The van der Waals surface area contributed by atoms with Gasteiger partial charge in [-0.15, -0.1) is 6.58 Å². The molecule has 2 aliphatic rings. The molecular formula is C24H34O2. The number of hydrogen-bond donors (Lipinski definition) is 0. The Bertz CT molecular complexity index is 670.